The predicted molar refractivity (Wildman–Crippen MR) is 155 cm³/mol. The Labute approximate surface area is 256 Å². The first-order chi connectivity index (χ1) is 20.5. The zero-order valence-corrected chi connectivity index (χ0v) is 25.8. The van der Waals surface area contributed by atoms with Crippen molar-refractivity contribution in [2.24, 2.45) is 5.92 Å². The monoisotopic (exact) mass is 644 g/mol. The summed E-state index contributed by atoms with van der Waals surface area (Å²) < 4.78 is 91.6. The van der Waals surface area contributed by atoms with Gasteiger partial charge in [-0.1, -0.05) is 19.9 Å². The highest BCUT2D eigenvalue weighted by atomic mass is 32.1. The molecule has 1 aromatic heterocycles. The van der Waals surface area contributed by atoms with E-state index in [1.54, 1.807) is 26.0 Å². The first kappa shape index (κ1) is 34.7. The normalized spacial score (nSPS) is 11.9. The number of alkyl halides is 6. The lowest BCUT2D eigenvalue weighted by molar-refractivity contribution is -0.143. The minimum atomic E-state index is -5.12. The van der Waals surface area contributed by atoms with Crippen LogP contribution in [0.2, 0.25) is 0 Å². The molecule has 0 aliphatic carbocycles. The number of carbonyl (C=O) groups excluding carboxylic acids is 2. The number of benzene rings is 2. The molecule has 44 heavy (non-hydrogen) atoms. The van der Waals surface area contributed by atoms with Crippen LogP contribution in [0.3, 0.4) is 0 Å². The number of hydrogen-bond donors (Lipinski definition) is 0. The van der Waals surface area contributed by atoms with Crippen molar-refractivity contribution in [3.63, 3.8) is 0 Å². The molecule has 2 aromatic carbocycles. The molecule has 3 aromatic rings. The van der Waals surface area contributed by atoms with E-state index in [1.807, 2.05) is 24.4 Å². The number of ether oxygens (including phenoxy) is 2. The molecule has 6 nitrogen and oxygen atoms in total. The Morgan fingerprint density at radius 2 is 1.48 bits per heavy atom. The number of thiophene rings is 1. The van der Waals surface area contributed by atoms with Gasteiger partial charge in [0.25, 0.3) is 5.91 Å². The molecule has 0 N–H and O–H groups in total. The van der Waals surface area contributed by atoms with Gasteiger partial charge in [-0.2, -0.15) is 26.3 Å². The molecule has 0 fully saturated rings. The van der Waals surface area contributed by atoms with E-state index in [0.29, 0.717) is 30.1 Å². The van der Waals surface area contributed by atoms with Gasteiger partial charge in [0, 0.05) is 23.5 Å². The molecule has 0 atom stereocenters. The van der Waals surface area contributed by atoms with Gasteiger partial charge in [-0.25, -0.2) is 0 Å². The maximum atomic E-state index is 13.7. The van der Waals surface area contributed by atoms with Crippen LogP contribution in [0, 0.1) is 12.8 Å². The highest BCUT2D eigenvalue weighted by Crippen LogP contribution is 2.36. The zero-order valence-electron chi connectivity index (χ0n) is 24.9. The number of nitrogens with zero attached hydrogens (tertiary/aromatic N) is 2. The average molecular weight is 645 g/mol. The summed E-state index contributed by atoms with van der Waals surface area (Å²) in [5.74, 6) is -0.806. The third kappa shape index (κ3) is 9.13. The van der Waals surface area contributed by atoms with Crippen molar-refractivity contribution in [2.75, 3.05) is 33.9 Å². The summed E-state index contributed by atoms with van der Waals surface area (Å²) in [6.07, 6.45) is -9.83. The van der Waals surface area contributed by atoms with Crippen LogP contribution >= 0.6 is 11.3 Å². The van der Waals surface area contributed by atoms with Crippen molar-refractivity contribution in [2.45, 2.75) is 46.1 Å². The molecule has 0 saturated carbocycles. The van der Waals surface area contributed by atoms with Crippen molar-refractivity contribution in [1.29, 1.82) is 0 Å². The first-order valence-corrected chi connectivity index (χ1v) is 14.5. The molecule has 0 bridgehead atoms. The van der Waals surface area contributed by atoms with E-state index in [2.05, 4.69) is 0 Å². The molecule has 0 aliphatic heterocycles. The van der Waals surface area contributed by atoms with E-state index in [0.717, 1.165) is 20.9 Å². The number of halogens is 6. The van der Waals surface area contributed by atoms with E-state index >= 15 is 0 Å². The second kappa shape index (κ2) is 14.4. The summed E-state index contributed by atoms with van der Waals surface area (Å²) in [6.45, 7) is 5.17. The molecule has 0 saturated heterocycles. The van der Waals surface area contributed by atoms with Gasteiger partial charge in [-0.15, -0.1) is 11.3 Å². The zero-order chi connectivity index (χ0) is 32.8. The Bertz CT molecular complexity index is 1420. The van der Waals surface area contributed by atoms with Crippen molar-refractivity contribution >= 4 is 23.2 Å². The van der Waals surface area contributed by atoms with Gasteiger partial charge in [0.1, 0.15) is 6.54 Å². The van der Waals surface area contributed by atoms with Crippen LogP contribution in [0.15, 0.2) is 47.8 Å². The van der Waals surface area contributed by atoms with Crippen LogP contribution < -0.4 is 9.47 Å². The molecule has 240 valence electrons. The Morgan fingerprint density at radius 3 is 1.98 bits per heavy atom. The number of rotatable bonds is 12. The summed E-state index contributed by atoms with van der Waals surface area (Å²) >= 11 is 1.44. The summed E-state index contributed by atoms with van der Waals surface area (Å²) in [5.41, 5.74) is -2.21. The van der Waals surface area contributed by atoms with Crippen LogP contribution in [0.5, 0.6) is 11.5 Å². The number of aryl methyl sites for hydroxylation is 1. The molecule has 1 heterocycles. The third-order valence-electron chi connectivity index (χ3n) is 6.81. The minimum Gasteiger partial charge on any atom is -0.493 e. The van der Waals surface area contributed by atoms with Crippen molar-refractivity contribution < 1.29 is 45.4 Å². The van der Waals surface area contributed by atoms with Crippen molar-refractivity contribution in [3.8, 4) is 11.5 Å². The smallest absolute Gasteiger partial charge is 0.416 e. The van der Waals surface area contributed by atoms with Gasteiger partial charge in [-0.05, 0) is 72.2 Å². The summed E-state index contributed by atoms with van der Waals surface area (Å²) in [6, 6.07) is 7.97. The van der Waals surface area contributed by atoms with Gasteiger partial charge in [-0.3, -0.25) is 9.59 Å². The molecule has 0 unspecified atom stereocenters. The highest BCUT2D eigenvalue weighted by Gasteiger charge is 2.38. The summed E-state index contributed by atoms with van der Waals surface area (Å²) in [7, 11) is 3.01. The second-order valence-electron chi connectivity index (χ2n) is 10.7. The standard InChI is InChI=1S/C31H34F6N2O4S/c1-19(2)16-39(29(41)22-13-23(30(32,33)34)15-24(14-22)31(35,36)37)18-28(40)38(17-27-20(3)9-11-44-27)10-8-21-6-7-25(42-4)26(12-21)43-5/h6-7,9,11-15,19H,8,10,16-18H2,1-5H3. The fourth-order valence-corrected chi connectivity index (χ4v) is 5.44. The lowest BCUT2D eigenvalue weighted by atomic mass is 10.0. The number of hydrogen-bond acceptors (Lipinski definition) is 5. The van der Waals surface area contributed by atoms with Crippen molar-refractivity contribution in [3.05, 3.63) is 80.5 Å². The lowest BCUT2D eigenvalue weighted by Gasteiger charge is -2.29. The maximum Gasteiger partial charge on any atom is 0.416 e. The van der Waals surface area contributed by atoms with Crippen LogP contribution in [0.1, 0.15) is 51.3 Å². The van der Waals surface area contributed by atoms with E-state index in [-0.39, 0.29) is 31.6 Å². The third-order valence-corrected chi connectivity index (χ3v) is 7.81. The number of methoxy groups -OCH3 is 2. The molecular weight excluding hydrogens is 610 g/mol. The van der Waals surface area contributed by atoms with E-state index < -0.39 is 47.4 Å². The molecule has 2 amide bonds. The first-order valence-electron chi connectivity index (χ1n) is 13.6. The molecule has 0 spiro atoms. The lowest BCUT2D eigenvalue weighted by Crippen LogP contribution is -2.44. The quantitative estimate of drug-likeness (QED) is 0.192. The Kier molecular flexibility index (Phi) is 11.3. The number of amides is 2. The maximum absolute atomic E-state index is 13.7. The molecular formula is C31H34F6N2O4S. The van der Waals surface area contributed by atoms with Crippen LogP contribution in [-0.2, 0) is 30.1 Å². The van der Waals surface area contributed by atoms with Crippen LogP contribution in [-0.4, -0.2) is 55.5 Å². The Hall–Kier alpha value is -3.74. The summed E-state index contributed by atoms with van der Waals surface area (Å²) in [4.78, 5) is 30.7. The van der Waals surface area contributed by atoms with Crippen LogP contribution in [0.4, 0.5) is 26.3 Å². The largest absolute Gasteiger partial charge is 0.493 e. The van der Waals surface area contributed by atoms with E-state index in [1.165, 1.54) is 30.5 Å². The second-order valence-corrected chi connectivity index (χ2v) is 11.7. The topological polar surface area (TPSA) is 59.1 Å². The van der Waals surface area contributed by atoms with Gasteiger partial charge in [0.15, 0.2) is 11.5 Å². The molecule has 0 aliphatic rings. The van der Waals surface area contributed by atoms with E-state index in [9.17, 15) is 35.9 Å². The highest BCUT2D eigenvalue weighted by molar-refractivity contribution is 7.10. The Morgan fingerprint density at radius 1 is 0.864 bits per heavy atom. The molecule has 13 heteroatoms. The fourth-order valence-electron chi connectivity index (χ4n) is 4.52. The van der Waals surface area contributed by atoms with Gasteiger partial charge in [0.05, 0.1) is 31.9 Å². The van der Waals surface area contributed by atoms with Crippen LogP contribution in [0.25, 0.3) is 0 Å². The SMILES string of the molecule is COc1ccc(CCN(Cc2sccc2C)C(=O)CN(CC(C)C)C(=O)c2cc(C(F)(F)F)cc(C(F)(F)F)c2)cc1OC. The minimum absolute atomic E-state index is 0.0338. The average Bonchev–Trinajstić information content (AvgIpc) is 3.36. The summed E-state index contributed by atoms with van der Waals surface area (Å²) in [5, 5.41) is 1.88. The molecule has 3 rings (SSSR count). The van der Waals surface area contributed by atoms with Gasteiger partial charge < -0.3 is 19.3 Å². The Balaban J connectivity index is 1.93. The van der Waals surface area contributed by atoms with Gasteiger partial charge in [0.2, 0.25) is 5.91 Å². The predicted octanol–water partition coefficient (Wildman–Crippen LogP) is 7.48. The van der Waals surface area contributed by atoms with E-state index in [4.69, 9.17) is 9.47 Å². The van der Waals surface area contributed by atoms with Crippen molar-refractivity contribution in [1.82, 2.24) is 9.80 Å². The number of carbonyl (C=O) groups is 2. The fraction of sp³-hybridized carbons (Fsp3) is 0.419. The molecule has 0 radical (unpaired) electrons. The van der Waals surface area contributed by atoms with Gasteiger partial charge >= 0.3 is 12.4 Å².